The van der Waals surface area contributed by atoms with Crippen molar-refractivity contribution in [3.05, 3.63) is 108 Å². The summed E-state index contributed by atoms with van der Waals surface area (Å²) in [5, 5.41) is 2.18. The van der Waals surface area contributed by atoms with E-state index in [9.17, 15) is 4.79 Å². The van der Waals surface area contributed by atoms with Crippen LogP contribution in [0.1, 0.15) is 49.2 Å². The first kappa shape index (κ1) is 24.7. The van der Waals surface area contributed by atoms with Crippen molar-refractivity contribution < 1.29 is 4.79 Å². The molecule has 0 atom stereocenters. The van der Waals surface area contributed by atoms with Crippen molar-refractivity contribution in [3.8, 4) is 11.4 Å². The van der Waals surface area contributed by atoms with E-state index in [1.807, 2.05) is 101 Å². The minimum Gasteiger partial charge on any atom is -0.268 e. The maximum atomic E-state index is 13.7. The molecule has 0 fully saturated rings. The van der Waals surface area contributed by atoms with Crippen LogP contribution in [0.25, 0.3) is 39.3 Å². The lowest BCUT2D eigenvalue weighted by atomic mass is 10.0. The third-order valence-corrected chi connectivity index (χ3v) is 5.45. The molecule has 0 aliphatic heterocycles. The molecule has 172 valence electrons. The fourth-order valence-corrected chi connectivity index (χ4v) is 3.85. The zero-order chi connectivity index (χ0) is 24.7. The molecule has 0 aliphatic carbocycles. The summed E-state index contributed by atoms with van der Waals surface area (Å²) in [6, 6.07) is 27.8. The first-order chi connectivity index (χ1) is 16.7. The molecular formula is C31H32N2O. The fourth-order valence-electron chi connectivity index (χ4n) is 3.85. The van der Waals surface area contributed by atoms with Gasteiger partial charge in [0.1, 0.15) is 5.82 Å². The van der Waals surface area contributed by atoms with Crippen molar-refractivity contribution in [2.75, 3.05) is 0 Å². The normalized spacial score (nSPS) is 10.1. The number of hydrogen-bond donors (Lipinski definition) is 0. The van der Waals surface area contributed by atoms with Crippen LogP contribution in [0.4, 0.5) is 0 Å². The largest absolute Gasteiger partial charge is 0.268 e. The standard InChI is InChI=1S/C27H20N2O.2C2H6/c1-3-19-13-16-24-25(17-19)29(27(30)21-14-11-18(2)12-15-21)26(28-24)23-10-6-8-20-7-4-5-9-22(20)23;2*1-2/h3-17H,1H2,2H3;2*1-2H3. The molecule has 0 unspecified atom stereocenters. The van der Waals surface area contributed by atoms with E-state index in [0.29, 0.717) is 11.4 Å². The molecule has 5 aromatic rings. The van der Waals surface area contributed by atoms with Gasteiger partial charge in [0.15, 0.2) is 0 Å². The average molecular weight is 449 g/mol. The van der Waals surface area contributed by atoms with Crippen molar-refractivity contribution in [3.63, 3.8) is 0 Å². The van der Waals surface area contributed by atoms with E-state index in [4.69, 9.17) is 4.98 Å². The number of hydrogen-bond acceptors (Lipinski definition) is 2. The summed E-state index contributed by atoms with van der Waals surface area (Å²) in [6.07, 6.45) is 1.78. The van der Waals surface area contributed by atoms with E-state index < -0.39 is 0 Å². The Labute approximate surface area is 202 Å². The van der Waals surface area contributed by atoms with Crippen molar-refractivity contribution in [2.24, 2.45) is 0 Å². The van der Waals surface area contributed by atoms with Gasteiger partial charge in [-0.1, -0.05) is 107 Å². The summed E-state index contributed by atoms with van der Waals surface area (Å²) in [6.45, 7) is 13.9. The van der Waals surface area contributed by atoms with Crippen LogP contribution in [0.2, 0.25) is 0 Å². The Bertz CT molecular complexity index is 1420. The molecule has 3 nitrogen and oxygen atoms in total. The van der Waals surface area contributed by atoms with Crippen molar-refractivity contribution in [1.82, 2.24) is 9.55 Å². The second-order valence-corrected chi connectivity index (χ2v) is 7.42. The Hall–Kier alpha value is -3.98. The maximum absolute atomic E-state index is 13.7. The van der Waals surface area contributed by atoms with Crippen LogP contribution in [0.5, 0.6) is 0 Å². The lowest BCUT2D eigenvalue weighted by Crippen LogP contribution is -2.13. The van der Waals surface area contributed by atoms with Gasteiger partial charge in [-0.25, -0.2) is 4.98 Å². The lowest BCUT2D eigenvalue weighted by Gasteiger charge is -2.11. The molecule has 0 N–H and O–H groups in total. The molecule has 5 rings (SSSR count). The molecule has 1 heterocycles. The summed E-state index contributed by atoms with van der Waals surface area (Å²) in [5.74, 6) is 0.551. The monoisotopic (exact) mass is 448 g/mol. The first-order valence-corrected chi connectivity index (χ1v) is 11.9. The van der Waals surface area contributed by atoms with Gasteiger partial charge in [-0.05, 0) is 47.5 Å². The molecule has 0 saturated carbocycles. The highest BCUT2D eigenvalue weighted by Gasteiger charge is 2.21. The molecule has 0 spiro atoms. The highest BCUT2D eigenvalue weighted by Crippen LogP contribution is 2.32. The van der Waals surface area contributed by atoms with Crippen LogP contribution < -0.4 is 0 Å². The molecule has 4 aromatic carbocycles. The Kier molecular flexibility index (Phi) is 8.15. The van der Waals surface area contributed by atoms with E-state index in [2.05, 4.69) is 24.8 Å². The third kappa shape index (κ3) is 4.69. The Morgan fingerprint density at radius 2 is 1.53 bits per heavy atom. The smallest absolute Gasteiger partial charge is 0.264 e. The summed E-state index contributed by atoms with van der Waals surface area (Å²) in [7, 11) is 0. The van der Waals surface area contributed by atoms with Crippen molar-refractivity contribution in [1.29, 1.82) is 0 Å². The number of fused-ring (bicyclic) bond motifs is 2. The van der Waals surface area contributed by atoms with Gasteiger partial charge in [-0.15, -0.1) is 0 Å². The zero-order valence-corrected chi connectivity index (χ0v) is 20.7. The van der Waals surface area contributed by atoms with Crippen LogP contribution in [0, 0.1) is 6.92 Å². The molecule has 0 aliphatic rings. The van der Waals surface area contributed by atoms with E-state index in [0.717, 1.165) is 38.5 Å². The summed E-state index contributed by atoms with van der Waals surface area (Å²) in [5.41, 5.74) is 5.19. The number of imidazole rings is 1. The van der Waals surface area contributed by atoms with Gasteiger partial charge in [0.25, 0.3) is 5.91 Å². The number of benzene rings is 4. The predicted molar refractivity (Wildman–Crippen MR) is 146 cm³/mol. The molecule has 0 radical (unpaired) electrons. The minimum atomic E-state index is -0.0957. The van der Waals surface area contributed by atoms with Crippen molar-refractivity contribution >= 4 is 33.8 Å². The summed E-state index contributed by atoms with van der Waals surface area (Å²) >= 11 is 0. The van der Waals surface area contributed by atoms with Gasteiger partial charge in [-0.2, -0.15) is 0 Å². The predicted octanol–water partition coefficient (Wildman–Crippen LogP) is 8.55. The zero-order valence-electron chi connectivity index (χ0n) is 20.7. The number of carbonyl (C=O) groups is 1. The maximum Gasteiger partial charge on any atom is 0.264 e. The molecule has 0 saturated heterocycles. The number of carbonyl (C=O) groups excluding carboxylic acids is 1. The molecule has 1 aromatic heterocycles. The minimum absolute atomic E-state index is 0.0957. The molecule has 0 bridgehead atoms. The molecular weight excluding hydrogens is 416 g/mol. The highest BCUT2D eigenvalue weighted by molar-refractivity contribution is 6.06. The second kappa shape index (κ2) is 11.2. The molecule has 34 heavy (non-hydrogen) atoms. The van der Waals surface area contributed by atoms with Crippen LogP contribution in [0.3, 0.4) is 0 Å². The van der Waals surface area contributed by atoms with Gasteiger partial charge in [0.2, 0.25) is 0 Å². The lowest BCUT2D eigenvalue weighted by molar-refractivity contribution is 0.0966. The Morgan fingerprint density at radius 1 is 0.853 bits per heavy atom. The van der Waals surface area contributed by atoms with Gasteiger partial charge in [-0.3, -0.25) is 9.36 Å². The summed E-state index contributed by atoms with van der Waals surface area (Å²) in [4.78, 5) is 18.5. The van der Waals surface area contributed by atoms with Crippen LogP contribution in [-0.4, -0.2) is 15.5 Å². The Morgan fingerprint density at radius 3 is 2.24 bits per heavy atom. The van der Waals surface area contributed by atoms with E-state index in [1.54, 1.807) is 10.6 Å². The van der Waals surface area contributed by atoms with Crippen molar-refractivity contribution in [2.45, 2.75) is 34.6 Å². The SMILES string of the molecule is C=Cc1ccc2nc(-c3cccc4ccccc34)n(C(=O)c3ccc(C)cc3)c2c1.CC.CC. The van der Waals surface area contributed by atoms with E-state index >= 15 is 0 Å². The fraction of sp³-hybridized carbons (Fsp3) is 0.161. The van der Waals surface area contributed by atoms with Crippen LogP contribution in [0.15, 0.2) is 91.5 Å². The van der Waals surface area contributed by atoms with Gasteiger partial charge < -0.3 is 0 Å². The second-order valence-electron chi connectivity index (χ2n) is 7.42. The van der Waals surface area contributed by atoms with Crippen LogP contribution in [-0.2, 0) is 0 Å². The number of rotatable bonds is 3. The van der Waals surface area contributed by atoms with Crippen LogP contribution >= 0.6 is 0 Å². The number of aryl methyl sites for hydroxylation is 1. The third-order valence-electron chi connectivity index (χ3n) is 5.45. The van der Waals surface area contributed by atoms with E-state index in [-0.39, 0.29) is 5.91 Å². The topological polar surface area (TPSA) is 34.9 Å². The summed E-state index contributed by atoms with van der Waals surface area (Å²) < 4.78 is 1.73. The number of nitrogens with zero attached hydrogens (tertiary/aromatic N) is 2. The quantitative estimate of drug-likeness (QED) is 0.277. The molecule has 0 amide bonds. The number of aromatic nitrogens is 2. The van der Waals surface area contributed by atoms with Gasteiger partial charge >= 0.3 is 0 Å². The molecule has 3 heteroatoms. The average Bonchev–Trinajstić information content (AvgIpc) is 3.29. The van der Waals surface area contributed by atoms with Gasteiger partial charge in [0.05, 0.1) is 11.0 Å². The first-order valence-electron chi connectivity index (χ1n) is 11.9. The van der Waals surface area contributed by atoms with E-state index in [1.165, 1.54) is 0 Å². The highest BCUT2D eigenvalue weighted by atomic mass is 16.2. The van der Waals surface area contributed by atoms with Gasteiger partial charge in [0, 0.05) is 11.1 Å². The Balaban J connectivity index is 0.000000771.